The Kier molecular flexibility index (Phi) is 3.06. The number of nitrogen functional groups attached to an aromatic ring is 1. The van der Waals surface area contributed by atoms with Crippen LogP contribution in [0.4, 0.5) is 14.5 Å². The van der Waals surface area contributed by atoms with Crippen LogP contribution >= 0.6 is 0 Å². The molecule has 4 heteroatoms. The van der Waals surface area contributed by atoms with Crippen LogP contribution in [0.5, 0.6) is 0 Å². The molecule has 0 fully saturated rings. The van der Waals surface area contributed by atoms with Crippen molar-refractivity contribution in [2.45, 2.75) is 6.04 Å². The summed E-state index contributed by atoms with van der Waals surface area (Å²) in [5.41, 5.74) is 13.1. The van der Waals surface area contributed by atoms with Crippen LogP contribution in [0.3, 0.4) is 0 Å². The van der Waals surface area contributed by atoms with E-state index in [4.69, 9.17) is 11.5 Å². The third-order valence-electron chi connectivity index (χ3n) is 2.59. The minimum atomic E-state index is -0.644. The number of anilines is 1. The molecule has 0 radical (unpaired) electrons. The van der Waals surface area contributed by atoms with Gasteiger partial charge in [0.05, 0.1) is 6.04 Å². The average molecular weight is 234 g/mol. The second-order valence-corrected chi connectivity index (χ2v) is 3.81. The first-order valence-electron chi connectivity index (χ1n) is 5.14. The van der Waals surface area contributed by atoms with Gasteiger partial charge in [-0.3, -0.25) is 0 Å². The zero-order chi connectivity index (χ0) is 12.4. The molecule has 2 aromatic carbocycles. The highest BCUT2D eigenvalue weighted by atomic mass is 19.1. The topological polar surface area (TPSA) is 52.0 Å². The number of hydrogen-bond donors (Lipinski definition) is 2. The maximum atomic E-state index is 13.5. The molecule has 1 unspecified atom stereocenters. The van der Waals surface area contributed by atoms with Gasteiger partial charge in [0.25, 0.3) is 0 Å². The molecule has 0 aliphatic heterocycles. The van der Waals surface area contributed by atoms with Gasteiger partial charge in [0.2, 0.25) is 0 Å². The third-order valence-corrected chi connectivity index (χ3v) is 2.59. The van der Waals surface area contributed by atoms with Crippen LogP contribution < -0.4 is 11.5 Å². The van der Waals surface area contributed by atoms with E-state index in [0.717, 1.165) is 11.6 Å². The number of halogens is 2. The maximum Gasteiger partial charge on any atom is 0.131 e. The molecule has 0 aliphatic carbocycles. The third kappa shape index (κ3) is 2.42. The van der Waals surface area contributed by atoms with E-state index in [1.807, 2.05) is 0 Å². The first-order valence-corrected chi connectivity index (χ1v) is 5.14. The summed E-state index contributed by atoms with van der Waals surface area (Å²) in [7, 11) is 0. The predicted molar refractivity (Wildman–Crippen MR) is 63.2 cm³/mol. The smallest absolute Gasteiger partial charge is 0.131 e. The Hall–Kier alpha value is -1.94. The van der Waals surface area contributed by atoms with Gasteiger partial charge < -0.3 is 11.5 Å². The summed E-state index contributed by atoms with van der Waals surface area (Å²) in [4.78, 5) is 0. The monoisotopic (exact) mass is 234 g/mol. The summed E-state index contributed by atoms with van der Waals surface area (Å²) >= 11 is 0. The van der Waals surface area contributed by atoms with Gasteiger partial charge in [-0.1, -0.05) is 18.2 Å². The quantitative estimate of drug-likeness (QED) is 0.785. The van der Waals surface area contributed by atoms with Crippen molar-refractivity contribution in [2.75, 3.05) is 5.73 Å². The molecule has 0 saturated heterocycles. The molecule has 0 amide bonds. The van der Waals surface area contributed by atoms with Gasteiger partial charge in [0.15, 0.2) is 0 Å². The lowest BCUT2D eigenvalue weighted by atomic mass is 9.99. The number of hydrogen-bond acceptors (Lipinski definition) is 2. The van der Waals surface area contributed by atoms with Gasteiger partial charge in [-0.05, 0) is 23.8 Å². The molecule has 0 bridgehead atoms. The van der Waals surface area contributed by atoms with E-state index >= 15 is 0 Å². The molecule has 1 atom stereocenters. The van der Waals surface area contributed by atoms with Crippen LogP contribution in [0.1, 0.15) is 17.2 Å². The molecule has 0 heterocycles. The van der Waals surface area contributed by atoms with Crippen LogP contribution in [0.15, 0.2) is 42.5 Å². The molecule has 2 rings (SSSR count). The minimum Gasteiger partial charge on any atom is -0.399 e. The highest BCUT2D eigenvalue weighted by Crippen LogP contribution is 2.23. The minimum absolute atomic E-state index is 0.260. The van der Waals surface area contributed by atoms with Crippen LogP contribution in [0.2, 0.25) is 0 Å². The lowest BCUT2D eigenvalue weighted by Gasteiger charge is -2.13. The van der Waals surface area contributed by atoms with Crippen molar-refractivity contribution in [3.63, 3.8) is 0 Å². The Labute approximate surface area is 97.9 Å². The highest BCUT2D eigenvalue weighted by molar-refractivity contribution is 5.42. The largest absolute Gasteiger partial charge is 0.399 e. The molecule has 2 aromatic rings. The number of nitrogens with two attached hydrogens (primary N) is 2. The van der Waals surface area contributed by atoms with Crippen LogP contribution in [-0.2, 0) is 0 Å². The van der Waals surface area contributed by atoms with Gasteiger partial charge >= 0.3 is 0 Å². The summed E-state index contributed by atoms with van der Waals surface area (Å²) in [6.07, 6.45) is 0. The molecular formula is C13H12F2N2. The van der Waals surface area contributed by atoms with Crippen molar-refractivity contribution >= 4 is 5.69 Å². The standard InChI is InChI=1S/C13H12F2N2/c14-9-3-6-11(12(15)7-9)13(17)8-1-4-10(16)5-2-8/h1-7,13H,16-17H2. The highest BCUT2D eigenvalue weighted by Gasteiger charge is 2.13. The van der Waals surface area contributed by atoms with Gasteiger partial charge in [-0.15, -0.1) is 0 Å². The van der Waals surface area contributed by atoms with E-state index in [-0.39, 0.29) is 5.56 Å². The summed E-state index contributed by atoms with van der Waals surface area (Å²) in [6, 6.07) is 9.57. The van der Waals surface area contributed by atoms with E-state index in [2.05, 4.69) is 0 Å². The normalized spacial score (nSPS) is 12.4. The summed E-state index contributed by atoms with van der Waals surface area (Å²) < 4.78 is 26.3. The molecule has 0 aromatic heterocycles. The summed E-state index contributed by atoms with van der Waals surface area (Å²) in [5.74, 6) is -1.26. The van der Waals surface area contributed by atoms with Crippen molar-refractivity contribution in [1.82, 2.24) is 0 Å². The van der Waals surface area contributed by atoms with Gasteiger partial charge in [0, 0.05) is 17.3 Å². The maximum absolute atomic E-state index is 13.5. The Morgan fingerprint density at radius 3 is 2.18 bits per heavy atom. The second kappa shape index (κ2) is 4.51. The van der Waals surface area contributed by atoms with Crippen molar-refractivity contribution < 1.29 is 8.78 Å². The van der Waals surface area contributed by atoms with Gasteiger partial charge in [-0.25, -0.2) is 8.78 Å². The predicted octanol–water partition coefficient (Wildman–Crippen LogP) is 2.60. The van der Waals surface area contributed by atoms with E-state index < -0.39 is 17.7 Å². The molecule has 0 spiro atoms. The number of rotatable bonds is 2. The molecule has 2 nitrogen and oxygen atoms in total. The number of benzene rings is 2. The van der Waals surface area contributed by atoms with E-state index in [1.54, 1.807) is 24.3 Å². The van der Waals surface area contributed by atoms with Crippen molar-refractivity contribution in [2.24, 2.45) is 5.73 Å². The SMILES string of the molecule is Nc1ccc(C(N)c2ccc(F)cc2F)cc1. The van der Waals surface area contributed by atoms with Gasteiger partial charge in [0.1, 0.15) is 11.6 Å². The van der Waals surface area contributed by atoms with E-state index in [0.29, 0.717) is 5.69 Å². The fraction of sp³-hybridized carbons (Fsp3) is 0.0769. The second-order valence-electron chi connectivity index (χ2n) is 3.81. The van der Waals surface area contributed by atoms with Crippen molar-refractivity contribution in [1.29, 1.82) is 0 Å². The van der Waals surface area contributed by atoms with Gasteiger partial charge in [-0.2, -0.15) is 0 Å². The summed E-state index contributed by atoms with van der Waals surface area (Å²) in [6.45, 7) is 0. The van der Waals surface area contributed by atoms with E-state index in [1.165, 1.54) is 12.1 Å². The Balaban J connectivity index is 2.36. The first kappa shape index (κ1) is 11.5. The lowest BCUT2D eigenvalue weighted by molar-refractivity contribution is 0.566. The fourth-order valence-corrected chi connectivity index (χ4v) is 1.64. The Morgan fingerprint density at radius 1 is 0.941 bits per heavy atom. The molecule has 0 aliphatic rings. The molecule has 88 valence electrons. The van der Waals surface area contributed by atoms with Crippen LogP contribution in [0, 0.1) is 11.6 Å². The van der Waals surface area contributed by atoms with Crippen molar-refractivity contribution in [3.8, 4) is 0 Å². The summed E-state index contributed by atoms with van der Waals surface area (Å²) in [5, 5.41) is 0. The zero-order valence-corrected chi connectivity index (χ0v) is 9.03. The molecular weight excluding hydrogens is 222 g/mol. The fourth-order valence-electron chi connectivity index (χ4n) is 1.64. The first-order chi connectivity index (χ1) is 8.08. The molecule has 17 heavy (non-hydrogen) atoms. The Morgan fingerprint density at radius 2 is 1.59 bits per heavy atom. The molecule has 4 N–H and O–H groups in total. The Bertz CT molecular complexity index is 523. The van der Waals surface area contributed by atoms with E-state index in [9.17, 15) is 8.78 Å². The van der Waals surface area contributed by atoms with Crippen LogP contribution in [0.25, 0.3) is 0 Å². The average Bonchev–Trinajstić information content (AvgIpc) is 2.29. The lowest BCUT2D eigenvalue weighted by Crippen LogP contribution is -2.13. The zero-order valence-electron chi connectivity index (χ0n) is 9.03. The molecule has 0 saturated carbocycles. The van der Waals surface area contributed by atoms with Crippen molar-refractivity contribution in [3.05, 3.63) is 65.2 Å². The van der Waals surface area contributed by atoms with Crippen LogP contribution in [-0.4, -0.2) is 0 Å².